The Labute approximate surface area is 280 Å². The Morgan fingerprint density at radius 2 is 1.02 bits per heavy atom. The average molecular weight is 675 g/mol. The van der Waals surface area contributed by atoms with Gasteiger partial charge in [-0.1, -0.05) is 67.2 Å². The van der Waals surface area contributed by atoms with Crippen LogP contribution in [-0.2, 0) is 19.1 Å². The highest BCUT2D eigenvalue weighted by Crippen LogP contribution is 2.14. The first-order chi connectivity index (χ1) is 23.0. The van der Waals surface area contributed by atoms with Crippen LogP contribution >= 0.6 is 0 Å². The highest BCUT2D eigenvalue weighted by atomic mass is 16.5. The van der Waals surface area contributed by atoms with E-state index in [9.17, 15) is 28.8 Å². The first-order valence-corrected chi connectivity index (χ1v) is 16.6. The van der Waals surface area contributed by atoms with Gasteiger partial charge in [-0.15, -0.1) is 0 Å². The minimum Gasteiger partial charge on any atom is -0.464 e. The maximum absolute atomic E-state index is 13.0. The summed E-state index contributed by atoms with van der Waals surface area (Å²) in [5.41, 5.74) is -0.663. The van der Waals surface area contributed by atoms with Crippen LogP contribution in [0.5, 0.6) is 0 Å². The van der Waals surface area contributed by atoms with Crippen molar-refractivity contribution in [3.63, 3.8) is 0 Å². The Bertz CT molecular complexity index is 1270. The van der Waals surface area contributed by atoms with Gasteiger partial charge in [0.2, 0.25) is 0 Å². The summed E-state index contributed by atoms with van der Waals surface area (Å²) in [6.45, 7) is 11.7. The summed E-state index contributed by atoms with van der Waals surface area (Å²) >= 11 is 0. The van der Waals surface area contributed by atoms with Gasteiger partial charge in [-0.05, 0) is 24.7 Å². The average Bonchev–Trinajstić information content (AvgIpc) is 3.78. The Hall–Kier alpha value is -4.76. The summed E-state index contributed by atoms with van der Waals surface area (Å²) in [6, 6.07) is -1.84. The number of carbonyl (C=O) groups is 6. The number of rotatable bonds is 21. The second-order valence-corrected chi connectivity index (χ2v) is 11.5. The van der Waals surface area contributed by atoms with E-state index in [-0.39, 0.29) is 60.9 Å². The summed E-state index contributed by atoms with van der Waals surface area (Å²) < 4.78 is 10.6. The number of carbonyl (C=O) groups excluding carboxylic acids is 6. The summed E-state index contributed by atoms with van der Waals surface area (Å²) in [5.74, 6) is -4.33. The number of amides is 4. The molecule has 0 aliphatic carbocycles. The zero-order valence-corrected chi connectivity index (χ0v) is 28.7. The molecular formula is C32H50N8O8. The lowest BCUT2D eigenvalue weighted by molar-refractivity contribution is -0.148. The van der Waals surface area contributed by atoms with Crippen LogP contribution in [0.25, 0.3) is 0 Å². The fourth-order valence-corrected chi connectivity index (χ4v) is 4.38. The third-order valence-electron chi connectivity index (χ3n) is 7.85. The Balaban J connectivity index is 1.97. The number of aromatic amines is 2. The van der Waals surface area contributed by atoms with Gasteiger partial charge in [-0.25, -0.2) is 19.6 Å². The van der Waals surface area contributed by atoms with Gasteiger partial charge in [0.1, 0.15) is 23.5 Å². The highest BCUT2D eigenvalue weighted by Gasteiger charge is 2.32. The van der Waals surface area contributed by atoms with Crippen LogP contribution < -0.4 is 21.3 Å². The van der Waals surface area contributed by atoms with Crippen molar-refractivity contribution >= 4 is 35.6 Å². The topological polar surface area (TPSA) is 226 Å². The van der Waals surface area contributed by atoms with Crippen molar-refractivity contribution in [2.45, 2.75) is 92.2 Å². The molecule has 4 atom stereocenters. The van der Waals surface area contributed by atoms with Crippen molar-refractivity contribution in [1.82, 2.24) is 41.2 Å². The van der Waals surface area contributed by atoms with Crippen molar-refractivity contribution in [3.8, 4) is 0 Å². The van der Waals surface area contributed by atoms with E-state index in [1.165, 1.54) is 12.7 Å². The van der Waals surface area contributed by atoms with E-state index >= 15 is 0 Å². The normalized spacial score (nSPS) is 13.4. The molecule has 2 aromatic heterocycles. The first kappa shape index (κ1) is 39.4. The fraction of sp³-hybridized carbons (Fsp3) is 0.625. The zero-order chi connectivity index (χ0) is 35.6. The van der Waals surface area contributed by atoms with Crippen LogP contribution in [0.3, 0.4) is 0 Å². The quantitative estimate of drug-likeness (QED) is 0.0836. The molecule has 0 bridgehead atoms. The van der Waals surface area contributed by atoms with Crippen LogP contribution in [0, 0.1) is 11.8 Å². The minimum absolute atomic E-state index is 0.0424. The largest absolute Gasteiger partial charge is 0.464 e. The minimum atomic E-state index is -0.919. The summed E-state index contributed by atoms with van der Waals surface area (Å²) in [7, 11) is 0. The molecule has 2 heterocycles. The van der Waals surface area contributed by atoms with E-state index in [1.54, 1.807) is 0 Å². The lowest BCUT2D eigenvalue weighted by Crippen LogP contribution is -2.46. The maximum Gasteiger partial charge on any atom is 0.328 e. The van der Waals surface area contributed by atoms with Gasteiger partial charge < -0.3 is 40.7 Å². The number of ether oxygens (including phenoxy) is 2. The van der Waals surface area contributed by atoms with Gasteiger partial charge in [0, 0.05) is 13.1 Å². The van der Waals surface area contributed by atoms with E-state index in [0.717, 1.165) is 12.8 Å². The van der Waals surface area contributed by atoms with Crippen molar-refractivity contribution < 1.29 is 38.2 Å². The molecule has 48 heavy (non-hydrogen) atoms. The van der Waals surface area contributed by atoms with Gasteiger partial charge in [-0.2, -0.15) is 0 Å². The number of unbranched alkanes of at least 4 members (excludes halogenated alkanes) is 2. The number of esters is 2. The van der Waals surface area contributed by atoms with Gasteiger partial charge >= 0.3 is 11.9 Å². The number of nitrogens with zero attached hydrogens (tertiary/aromatic N) is 2. The van der Waals surface area contributed by atoms with E-state index < -0.39 is 47.7 Å². The predicted molar refractivity (Wildman–Crippen MR) is 175 cm³/mol. The summed E-state index contributed by atoms with van der Waals surface area (Å²) in [4.78, 5) is 90.3. The number of aromatic nitrogens is 4. The number of hydrogen-bond donors (Lipinski definition) is 6. The summed E-state index contributed by atoms with van der Waals surface area (Å²) in [6.07, 6.45) is 6.67. The molecule has 0 unspecified atom stereocenters. The molecule has 0 saturated carbocycles. The van der Waals surface area contributed by atoms with Crippen LogP contribution in [0.15, 0.2) is 12.7 Å². The van der Waals surface area contributed by atoms with Gasteiger partial charge in [0.05, 0.1) is 25.9 Å². The van der Waals surface area contributed by atoms with Crippen molar-refractivity contribution in [3.05, 3.63) is 35.4 Å². The van der Waals surface area contributed by atoms with Crippen molar-refractivity contribution in [2.75, 3.05) is 26.3 Å². The maximum atomic E-state index is 13.0. The fourth-order valence-electron chi connectivity index (χ4n) is 4.38. The predicted octanol–water partition coefficient (Wildman–Crippen LogP) is 2.27. The SMILES string of the molecule is CCCCOC(=O)[C@@H](NC(=O)c1nc[nH]c1C(=O)NCCNC(=O)c1[nH]cnc1C(=O)N[C@H](C(=O)OCCCC)[C@@H](C)CC)[C@@H](C)CC. The van der Waals surface area contributed by atoms with Gasteiger partial charge in [0.15, 0.2) is 11.4 Å². The molecule has 2 aromatic rings. The molecule has 2 rings (SSSR count). The second kappa shape index (κ2) is 20.5. The van der Waals surface area contributed by atoms with E-state index in [0.29, 0.717) is 25.7 Å². The number of imidazole rings is 2. The van der Waals surface area contributed by atoms with Crippen molar-refractivity contribution in [1.29, 1.82) is 0 Å². The number of hydrogen-bond acceptors (Lipinski definition) is 10. The lowest BCUT2D eigenvalue weighted by atomic mass is 9.99. The molecule has 16 heteroatoms. The van der Waals surface area contributed by atoms with Crippen LogP contribution in [0.1, 0.15) is 122 Å². The highest BCUT2D eigenvalue weighted by molar-refractivity contribution is 6.06. The molecule has 0 aliphatic rings. The third kappa shape index (κ3) is 11.5. The number of H-pyrrole nitrogens is 2. The van der Waals surface area contributed by atoms with E-state index in [4.69, 9.17) is 9.47 Å². The molecular weight excluding hydrogens is 624 g/mol. The van der Waals surface area contributed by atoms with Gasteiger partial charge in [0.25, 0.3) is 23.6 Å². The second-order valence-electron chi connectivity index (χ2n) is 11.5. The Morgan fingerprint density at radius 3 is 1.35 bits per heavy atom. The summed E-state index contributed by atoms with van der Waals surface area (Å²) in [5, 5.41) is 10.5. The molecule has 0 spiro atoms. The Morgan fingerprint density at radius 1 is 0.646 bits per heavy atom. The molecule has 0 saturated heterocycles. The molecule has 0 aliphatic heterocycles. The molecule has 0 radical (unpaired) electrons. The van der Waals surface area contributed by atoms with E-state index in [1.807, 2.05) is 41.5 Å². The monoisotopic (exact) mass is 674 g/mol. The molecule has 266 valence electrons. The van der Waals surface area contributed by atoms with Crippen LogP contribution in [-0.4, -0.2) is 93.9 Å². The Kier molecular flexibility index (Phi) is 16.8. The van der Waals surface area contributed by atoms with Gasteiger partial charge in [-0.3, -0.25) is 19.2 Å². The molecule has 16 nitrogen and oxygen atoms in total. The van der Waals surface area contributed by atoms with Crippen molar-refractivity contribution in [2.24, 2.45) is 11.8 Å². The number of nitrogens with one attached hydrogen (secondary N) is 6. The molecule has 6 N–H and O–H groups in total. The standard InChI is InChI=1S/C32H50N8O8/c1-7-11-15-47-31(45)21(19(5)9-3)39-29(43)25-23(35-17-37-25)27(41)33-13-14-34-28(42)24-26(38-18-36-24)30(44)40-22(20(6)10-4)32(46)48-16-12-8-2/h17-22H,7-16H2,1-6H3,(H,33,41)(H,34,42)(H,35,37)(H,36,38)(H,39,43)(H,40,44)/t19-,20-,21-,22-/m0/s1. The lowest BCUT2D eigenvalue weighted by Gasteiger charge is -2.22. The van der Waals surface area contributed by atoms with E-state index in [2.05, 4.69) is 41.2 Å². The van der Waals surface area contributed by atoms with Crippen LogP contribution in [0.2, 0.25) is 0 Å². The zero-order valence-electron chi connectivity index (χ0n) is 28.7. The molecule has 4 amide bonds. The third-order valence-corrected chi connectivity index (χ3v) is 7.85. The molecule has 0 fully saturated rings. The molecule has 0 aromatic carbocycles. The first-order valence-electron chi connectivity index (χ1n) is 16.6. The van der Waals surface area contributed by atoms with Crippen LogP contribution in [0.4, 0.5) is 0 Å². The smallest absolute Gasteiger partial charge is 0.328 e.